The Bertz CT molecular complexity index is 447. The molecule has 1 saturated heterocycles. The molecule has 2 atom stereocenters. The van der Waals surface area contributed by atoms with E-state index in [1.165, 1.54) is 0 Å². The smallest absolute Gasteiger partial charge is 0.221 e. The predicted octanol–water partition coefficient (Wildman–Crippen LogP) is 1.23. The normalized spacial score (nSPS) is 23.4. The number of hydrogen-bond acceptors (Lipinski definition) is 4. The van der Waals surface area contributed by atoms with Gasteiger partial charge in [0.25, 0.3) is 0 Å². The first-order valence-corrected chi connectivity index (χ1v) is 7.08. The Morgan fingerprint density at radius 2 is 2.05 bits per heavy atom. The van der Waals surface area contributed by atoms with Gasteiger partial charge in [0.05, 0.1) is 5.92 Å². The first-order chi connectivity index (χ1) is 9.56. The monoisotopic (exact) mass is 277 g/mol. The number of likely N-dealkylation sites (tertiary alicyclic amines) is 1. The van der Waals surface area contributed by atoms with E-state index in [9.17, 15) is 4.79 Å². The maximum atomic E-state index is 11.3. The molecule has 0 bridgehead atoms. The van der Waals surface area contributed by atoms with Gasteiger partial charge in [-0.1, -0.05) is 0 Å². The highest BCUT2D eigenvalue weighted by molar-refractivity contribution is 5.76. The Hall–Kier alpha value is -1.75. The van der Waals surface area contributed by atoms with E-state index in [1.54, 1.807) is 0 Å². The largest absolute Gasteiger partial charge is 0.492 e. The molecular formula is C15H23N3O2. The Morgan fingerprint density at radius 3 is 2.70 bits per heavy atom. The third kappa shape index (κ3) is 3.87. The van der Waals surface area contributed by atoms with Gasteiger partial charge in [0, 0.05) is 24.8 Å². The lowest BCUT2D eigenvalue weighted by Gasteiger charge is -2.36. The molecule has 2 unspecified atom stereocenters. The molecule has 1 aromatic carbocycles. The van der Waals surface area contributed by atoms with Crippen LogP contribution in [0.1, 0.15) is 19.8 Å². The molecule has 110 valence electrons. The lowest BCUT2D eigenvalue weighted by molar-refractivity contribution is -0.124. The zero-order chi connectivity index (χ0) is 14.5. The van der Waals surface area contributed by atoms with Crippen LogP contribution in [0, 0.1) is 5.92 Å². The Morgan fingerprint density at radius 1 is 1.35 bits per heavy atom. The SMILES string of the molecule is CC1CCC(C(N)=O)CN1CCOc1ccc(N)cc1. The lowest BCUT2D eigenvalue weighted by atomic mass is 9.93. The maximum absolute atomic E-state index is 11.3. The first-order valence-electron chi connectivity index (χ1n) is 7.08. The van der Waals surface area contributed by atoms with E-state index in [0.717, 1.165) is 37.4 Å². The van der Waals surface area contributed by atoms with Crippen LogP contribution in [-0.4, -0.2) is 36.5 Å². The van der Waals surface area contributed by atoms with Crippen LogP contribution < -0.4 is 16.2 Å². The van der Waals surface area contributed by atoms with Crippen LogP contribution >= 0.6 is 0 Å². The Labute approximate surface area is 119 Å². The van der Waals surface area contributed by atoms with Crippen molar-refractivity contribution in [3.05, 3.63) is 24.3 Å². The number of nitrogens with zero attached hydrogens (tertiary/aromatic N) is 1. The van der Waals surface area contributed by atoms with Gasteiger partial charge in [-0.25, -0.2) is 0 Å². The minimum atomic E-state index is -0.193. The summed E-state index contributed by atoms with van der Waals surface area (Å²) < 4.78 is 5.69. The molecule has 1 aliphatic heterocycles. The van der Waals surface area contributed by atoms with Gasteiger partial charge < -0.3 is 16.2 Å². The molecular weight excluding hydrogens is 254 g/mol. The minimum absolute atomic E-state index is 0.0253. The third-order valence-electron chi connectivity index (χ3n) is 3.94. The zero-order valence-electron chi connectivity index (χ0n) is 11.9. The topological polar surface area (TPSA) is 81.6 Å². The van der Waals surface area contributed by atoms with E-state index in [1.807, 2.05) is 24.3 Å². The summed E-state index contributed by atoms with van der Waals surface area (Å²) in [4.78, 5) is 13.6. The number of benzene rings is 1. The quantitative estimate of drug-likeness (QED) is 0.793. The zero-order valence-corrected chi connectivity index (χ0v) is 11.9. The number of carbonyl (C=O) groups is 1. The molecule has 20 heavy (non-hydrogen) atoms. The fourth-order valence-corrected chi connectivity index (χ4v) is 2.57. The molecule has 4 N–H and O–H groups in total. The highest BCUT2D eigenvalue weighted by Crippen LogP contribution is 2.21. The Balaban J connectivity index is 1.80. The van der Waals surface area contributed by atoms with E-state index < -0.39 is 0 Å². The van der Waals surface area contributed by atoms with Crippen molar-refractivity contribution in [2.75, 3.05) is 25.4 Å². The molecule has 2 rings (SSSR count). The number of piperidine rings is 1. The highest BCUT2D eigenvalue weighted by Gasteiger charge is 2.28. The fourth-order valence-electron chi connectivity index (χ4n) is 2.57. The number of primary amides is 1. The standard InChI is InChI=1S/C15H23N3O2/c1-11-2-3-12(15(17)19)10-18(11)8-9-20-14-6-4-13(16)5-7-14/h4-7,11-12H,2-3,8-10,16H2,1H3,(H2,17,19). The molecule has 5 nitrogen and oxygen atoms in total. The van der Waals surface area contributed by atoms with E-state index in [-0.39, 0.29) is 11.8 Å². The van der Waals surface area contributed by atoms with E-state index in [4.69, 9.17) is 16.2 Å². The number of carbonyl (C=O) groups excluding carboxylic acids is 1. The summed E-state index contributed by atoms with van der Waals surface area (Å²) in [5.41, 5.74) is 11.8. The van der Waals surface area contributed by atoms with Gasteiger partial charge >= 0.3 is 0 Å². The van der Waals surface area contributed by atoms with Crippen LogP contribution in [0.25, 0.3) is 0 Å². The summed E-state index contributed by atoms with van der Waals surface area (Å²) >= 11 is 0. The molecule has 0 aromatic heterocycles. The number of hydrogen-bond donors (Lipinski definition) is 2. The highest BCUT2D eigenvalue weighted by atomic mass is 16.5. The maximum Gasteiger partial charge on any atom is 0.221 e. The van der Waals surface area contributed by atoms with Crippen LogP contribution in [0.2, 0.25) is 0 Å². The molecule has 1 aliphatic rings. The average Bonchev–Trinajstić information content (AvgIpc) is 2.43. The van der Waals surface area contributed by atoms with Crippen molar-refractivity contribution in [3.63, 3.8) is 0 Å². The van der Waals surface area contributed by atoms with E-state index in [0.29, 0.717) is 12.6 Å². The van der Waals surface area contributed by atoms with Crippen LogP contribution in [-0.2, 0) is 4.79 Å². The van der Waals surface area contributed by atoms with Crippen molar-refractivity contribution >= 4 is 11.6 Å². The molecule has 5 heteroatoms. The summed E-state index contributed by atoms with van der Waals surface area (Å²) in [6, 6.07) is 7.84. The van der Waals surface area contributed by atoms with Crippen molar-refractivity contribution in [1.82, 2.24) is 4.90 Å². The van der Waals surface area contributed by atoms with Gasteiger partial charge in [-0.2, -0.15) is 0 Å². The van der Waals surface area contributed by atoms with Crippen LogP contribution in [0.3, 0.4) is 0 Å². The van der Waals surface area contributed by atoms with Crippen molar-refractivity contribution in [2.24, 2.45) is 11.7 Å². The molecule has 0 saturated carbocycles. The summed E-state index contributed by atoms with van der Waals surface area (Å²) in [5.74, 6) is 0.597. The molecule has 1 heterocycles. The first kappa shape index (κ1) is 14.7. The van der Waals surface area contributed by atoms with E-state index in [2.05, 4.69) is 11.8 Å². The van der Waals surface area contributed by atoms with Gasteiger partial charge in [0.15, 0.2) is 0 Å². The second kappa shape index (κ2) is 6.61. The second-order valence-corrected chi connectivity index (χ2v) is 5.44. The average molecular weight is 277 g/mol. The number of nitrogen functional groups attached to an aromatic ring is 1. The fraction of sp³-hybridized carbons (Fsp3) is 0.533. The van der Waals surface area contributed by atoms with Crippen molar-refractivity contribution in [2.45, 2.75) is 25.8 Å². The van der Waals surface area contributed by atoms with Crippen molar-refractivity contribution in [1.29, 1.82) is 0 Å². The lowest BCUT2D eigenvalue weighted by Crippen LogP contribution is -2.47. The van der Waals surface area contributed by atoms with Gasteiger partial charge in [0.1, 0.15) is 12.4 Å². The third-order valence-corrected chi connectivity index (χ3v) is 3.94. The number of ether oxygens (including phenoxy) is 1. The number of nitrogens with two attached hydrogens (primary N) is 2. The molecule has 1 amide bonds. The van der Waals surface area contributed by atoms with Crippen molar-refractivity contribution in [3.8, 4) is 5.75 Å². The predicted molar refractivity (Wildman–Crippen MR) is 79.3 cm³/mol. The second-order valence-electron chi connectivity index (χ2n) is 5.44. The molecule has 1 fully saturated rings. The minimum Gasteiger partial charge on any atom is -0.492 e. The summed E-state index contributed by atoms with van der Waals surface area (Å²) in [7, 11) is 0. The van der Waals surface area contributed by atoms with Crippen molar-refractivity contribution < 1.29 is 9.53 Å². The molecule has 1 aromatic rings. The van der Waals surface area contributed by atoms with E-state index >= 15 is 0 Å². The summed E-state index contributed by atoms with van der Waals surface area (Å²) in [5, 5.41) is 0. The molecule has 0 aliphatic carbocycles. The van der Waals surface area contributed by atoms with Gasteiger partial charge in [-0.05, 0) is 44.0 Å². The number of amides is 1. The van der Waals surface area contributed by atoms with Crippen LogP contribution in [0.5, 0.6) is 5.75 Å². The number of rotatable bonds is 5. The number of anilines is 1. The molecule has 0 spiro atoms. The van der Waals surface area contributed by atoms with Gasteiger partial charge in [-0.15, -0.1) is 0 Å². The van der Waals surface area contributed by atoms with Crippen LogP contribution in [0.4, 0.5) is 5.69 Å². The summed E-state index contributed by atoms with van der Waals surface area (Å²) in [6.45, 7) is 4.32. The van der Waals surface area contributed by atoms with Crippen LogP contribution in [0.15, 0.2) is 24.3 Å². The van der Waals surface area contributed by atoms with Gasteiger partial charge in [0.2, 0.25) is 5.91 Å². The molecule has 0 radical (unpaired) electrons. The van der Waals surface area contributed by atoms with Gasteiger partial charge in [-0.3, -0.25) is 9.69 Å². The summed E-state index contributed by atoms with van der Waals surface area (Å²) in [6.07, 6.45) is 1.90. The Kier molecular flexibility index (Phi) is 4.84.